The molecule has 1 N–H and O–H groups in total. The molecular weight excluding hydrogens is 246 g/mol. The molecule has 0 aliphatic rings. The number of carbonyl (C=O) groups excluding carboxylic acids is 1. The Morgan fingerprint density at radius 2 is 2.50 bits per heavy atom. The van der Waals surface area contributed by atoms with Crippen LogP contribution in [0, 0.1) is 0 Å². The van der Waals surface area contributed by atoms with Crippen LogP contribution in [-0.2, 0) is 0 Å². The van der Waals surface area contributed by atoms with Crippen LogP contribution >= 0.6 is 23.4 Å². The normalized spacial score (nSPS) is 9.88. The second-order valence-electron chi connectivity index (χ2n) is 2.89. The van der Waals surface area contributed by atoms with E-state index in [2.05, 4.69) is 21.9 Å². The fourth-order valence-corrected chi connectivity index (χ4v) is 1.50. The average Bonchev–Trinajstić information content (AvgIpc) is 2.30. The molecule has 1 aromatic rings. The Hall–Kier alpha value is -1.07. The van der Waals surface area contributed by atoms with E-state index < -0.39 is 0 Å². The summed E-state index contributed by atoms with van der Waals surface area (Å²) in [6, 6.07) is 0. The first-order chi connectivity index (χ1) is 7.69. The number of hydrogen-bond acceptors (Lipinski definition) is 4. The third-order valence-electron chi connectivity index (χ3n) is 1.75. The second kappa shape index (κ2) is 6.50. The monoisotopic (exact) mass is 257 g/mol. The number of amides is 1. The summed E-state index contributed by atoms with van der Waals surface area (Å²) in [6.45, 7) is 4.09. The molecule has 0 unspecified atom stereocenters. The fourth-order valence-electron chi connectivity index (χ4n) is 0.980. The molecule has 0 fully saturated rings. The van der Waals surface area contributed by atoms with Gasteiger partial charge in [-0.15, -0.1) is 6.58 Å². The number of carbonyl (C=O) groups is 1. The molecule has 0 bridgehead atoms. The average molecular weight is 258 g/mol. The summed E-state index contributed by atoms with van der Waals surface area (Å²) < 4.78 is 0. The van der Waals surface area contributed by atoms with Crippen molar-refractivity contribution in [1.29, 1.82) is 0 Å². The van der Waals surface area contributed by atoms with Crippen molar-refractivity contribution in [3.05, 3.63) is 29.6 Å². The van der Waals surface area contributed by atoms with Crippen molar-refractivity contribution < 1.29 is 4.79 Å². The maximum absolute atomic E-state index is 11.7. The van der Waals surface area contributed by atoms with Crippen LogP contribution in [0.5, 0.6) is 0 Å². The van der Waals surface area contributed by atoms with Crippen LogP contribution in [0.3, 0.4) is 0 Å². The molecule has 0 aliphatic carbocycles. The van der Waals surface area contributed by atoms with Crippen molar-refractivity contribution in [2.75, 3.05) is 12.8 Å². The molecule has 1 heterocycles. The van der Waals surface area contributed by atoms with Gasteiger partial charge in [-0.25, -0.2) is 9.97 Å². The van der Waals surface area contributed by atoms with Gasteiger partial charge >= 0.3 is 0 Å². The molecule has 86 valence electrons. The van der Waals surface area contributed by atoms with Crippen LogP contribution in [0.1, 0.15) is 16.9 Å². The molecule has 0 aromatic carbocycles. The van der Waals surface area contributed by atoms with Crippen molar-refractivity contribution in [3.8, 4) is 0 Å². The van der Waals surface area contributed by atoms with Gasteiger partial charge in [0.2, 0.25) is 0 Å². The summed E-state index contributed by atoms with van der Waals surface area (Å²) in [7, 11) is 0. The molecule has 0 spiro atoms. The third kappa shape index (κ3) is 3.50. The molecule has 4 nitrogen and oxygen atoms in total. The highest BCUT2D eigenvalue weighted by Crippen LogP contribution is 2.16. The molecule has 0 atom stereocenters. The number of hydrogen-bond donors (Lipinski definition) is 1. The van der Waals surface area contributed by atoms with Crippen LogP contribution in [0.15, 0.2) is 24.0 Å². The zero-order chi connectivity index (χ0) is 12.0. The molecule has 0 saturated carbocycles. The van der Waals surface area contributed by atoms with E-state index in [0.29, 0.717) is 18.1 Å². The first kappa shape index (κ1) is 13.0. The highest BCUT2D eigenvalue weighted by atomic mass is 35.5. The van der Waals surface area contributed by atoms with Gasteiger partial charge < -0.3 is 5.32 Å². The van der Waals surface area contributed by atoms with Gasteiger partial charge in [0.15, 0.2) is 10.9 Å². The minimum Gasteiger partial charge on any atom is -0.350 e. The Labute approximate surface area is 104 Å². The number of nitrogens with zero attached hydrogens (tertiary/aromatic N) is 2. The van der Waals surface area contributed by atoms with E-state index in [1.807, 2.05) is 6.26 Å². The molecule has 6 heteroatoms. The number of halogens is 1. The van der Waals surface area contributed by atoms with Crippen LogP contribution in [0.25, 0.3) is 0 Å². The lowest BCUT2D eigenvalue weighted by molar-refractivity contribution is 0.0948. The SMILES string of the molecule is C=CCCNC(=O)c1nc(SC)ncc1Cl. The lowest BCUT2D eigenvalue weighted by Gasteiger charge is -2.05. The summed E-state index contributed by atoms with van der Waals surface area (Å²) in [6.07, 6.45) is 5.71. The van der Waals surface area contributed by atoms with E-state index in [-0.39, 0.29) is 16.6 Å². The summed E-state index contributed by atoms with van der Waals surface area (Å²) in [4.78, 5) is 19.7. The summed E-state index contributed by atoms with van der Waals surface area (Å²) in [5.74, 6) is -0.287. The highest BCUT2D eigenvalue weighted by molar-refractivity contribution is 7.98. The standard InChI is InChI=1S/C10H12ClN3OS/c1-3-4-5-12-9(15)8-7(11)6-13-10(14-8)16-2/h3,6H,1,4-5H2,2H3,(H,12,15). The molecule has 16 heavy (non-hydrogen) atoms. The van der Waals surface area contributed by atoms with Gasteiger partial charge in [0, 0.05) is 6.54 Å². The van der Waals surface area contributed by atoms with Gasteiger partial charge in [-0.3, -0.25) is 4.79 Å². The van der Waals surface area contributed by atoms with Crippen LogP contribution in [0.4, 0.5) is 0 Å². The zero-order valence-electron chi connectivity index (χ0n) is 8.86. The molecular formula is C10H12ClN3OS. The molecule has 0 aliphatic heterocycles. The van der Waals surface area contributed by atoms with Gasteiger partial charge in [-0.2, -0.15) is 0 Å². The summed E-state index contributed by atoms with van der Waals surface area (Å²) >= 11 is 7.21. The summed E-state index contributed by atoms with van der Waals surface area (Å²) in [5.41, 5.74) is 0.213. The number of thioether (sulfide) groups is 1. The molecule has 1 amide bonds. The van der Waals surface area contributed by atoms with Crippen molar-refractivity contribution in [1.82, 2.24) is 15.3 Å². The topological polar surface area (TPSA) is 54.9 Å². The second-order valence-corrected chi connectivity index (χ2v) is 4.07. The van der Waals surface area contributed by atoms with Gasteiger partial charge in [0.05, 0.1) is 11.2 Å². The van der Waals surface area contributed by atoms with E-state index >= 15 is 0 Å². The van der Waals surface area contributed by atoms with Crippen LogP contribution in [-0.4, -0.2) is 28.7 Å². The molecule has 0 radical (unpaired) electrons. The smallest absolute Gasteiger partial charge is 0.271 e. The maximum Gasteiger partial charge on any atom is 0.271 e. The third-order valence-corrected chi connectivity index (χ3v) is 2.59. The van der Waals surface area contributed by atoms with Crippen molar-refractivity contribution in [2.24, 2.45) is 0 Å². The Balaban J connectivity index is 2.77. The van der Waals surface area contributed by atoms with Gasteiger partial charge in [0.25, 0.3) is 5.91 Å². The Morgan fingerprint density at radius 3 is 3.12 bits per heavy atom. The fraction of sp³-hybridized carbons (Fsp3) is 0.300. The lowest BCUT2D eigenvalue weighted by atomic mass is 10.3. The van der Waals surface area contributed by atoms with Crippen molar-refractivity contribution in [2.45, 2.75) is 11.6 Å². The quantitative estimate of drug-likeness (QED) is 0.380. The minimum absolute atomic E-state index is 0.213. The first-order valence-corrected chi connectivity index (χ1v) is 6.25. The largest absolute Gasteiger partial charge is 0.350 e. The van der Waals surface area contributed by atoms with Gasteiger partial charge in [-0.1, -0.05) is 29.4 Å². The number of rotatable bonds is 5. The van der Waals surface area contributed by atoms with Crippen molar-refractivity contribution in [3.63, 3.8) is 0 Å². The van der Waals surface area contributed by atoms with E-state index in [1.165, 1.54) is 18.0 Å². The summed E-state index contributed by atoms with van der Waals surface area (Å²) in [5, 5.41) is 3.48. The van der Waals surface area contributed by atoms with Crippen LogP contribution < -0.4 is 5.32 Å². The Morgan fingerprint density at radius 1 is 1.75 bits per heavy atom. The van der Waals surface area contributed by atoms with E-state index in [9.17, 15) is 4.79 Å². The predicted molar refractivity (Wildman–Crippen MR) is 66.0 cm³/mol. The maximum atomic E-state index is 11.7. The van der Waals surface area contributed by atoms with Gasteiger partial charge in [0.1, 0.15) is 0 Å². The molecule has 1 aromatic heterocycles. The Bertz CT molecular complexity index is 398. The molecule has 0 saturated heterocycles. The zero-order valence-corrected chi connectivity index (χ0v) is 10.4. The first-order valence-electron chi connectivity index (χ1n) is 4.64. The van der Waals surface area contributed by atoms with Crippen molar-refractivity contribution >= 4 is 29.3 Å². The van der Waals surface area contributed by atoms with Gasteiger partial charge in [-0.05, 0) is 12.7 Å². The van der Waals surface area contributed by atoms with Crippen LogP contribution in [0.2, 0.25) is 5.02 Å². The predicted octanol–water partition coefficient (Wildman–Crippen LogP) is 2.16. The number of nitrogens with one attached hydrogen (secondary N) is 1. The minimum atomic E-state index is -0.287. The molecule has 1 rings (SSSR count). The van der Waals surface area contributed by atoms with E-state index in [4.69, 9.17) is 11.6 Å². The van der Waals surface area contributed by atoms with E-state index in [0.717, 1.165) is 0 Å². The number of aromatic nitrogens is 2. The Kier molecular flexibility index (Phi) is 5.28. The highest BCUT2D eigenvalue weighted by Gasteiger charge is 2.12. The van der Waals surface area contributed by atoms with E-state index in [1.54, 1.807) is 6.08 Å². The lowest BCUT2D eigenvalue weighted by Crippen LogP contribution is -2.25.